The number of ether oxygens (including phenoxy) is 3. The Balaban J connectivity index is 1.23. The number of ketones is 1. The van der Waals surface area contributed by atoms with Crippen LogP contribution in [0.3, 0.4) is 0 Å². The Morgan fingerprint density at radius 1 is 0.979 bits per heavy atom. The van der Waals surface area contributed by atoms with Gasteiger partial charge in [-0.05, 0) is 49.4 Å². The normalized spacial score (nSPS) is 15.8. The van der Waals surface area contributed by atoms with E-state index in [-0.39, 0.29) is 25.6 Å². The Kier molecular flexibility index (Phi) is 11.7. The monoisotopic (exact) mass is 639 g/mol. The largest absolute Gasteiger partial charge is 0.457 e. The van der Waals surface area contributed by atoms with Crippen molar-refractivity contribution in [2.24, 2.45) is 5.92 Å². The molecule has 0 spiro atoms. The first-order valence-electron chi connectivity index (χ1n) is 16.0. The molecule has 0 bridgehead atoms. The summed E-state index contributed by atoms with van der Waals surface area (Å²) in [6, 6.07) is 28.3. The lowest BCUT2D eigenvalue weighted by molar-refractivity contribution is -0.131. The summed E-state index contributed by atoms with van der Waals surface area (Å²) in [5, 5.41) is 9.72. The first kappa shape index (κ1) is 33.8. The Morgan fingerprint density at radius 3 is 2.40 bits per heavy atom. The van der Waals surface area contributed by atoms with E-state index in [1.165, 1.54) is 6.92 Å². The molecule has 0 unspecified atom stereocenters. The average molecular weight is 640 g/mol. The maximum Gasteiger partial charge on any atom is 0.417 e. The van der Waals surface area contributed by atoms with Gasteiger partial charge in [-0.15, -0.1) is 0 Å². The van der Waals surface area contributed by atoms with E-state index in [1.807, 2.05) is 91.9 Å². The van der Waals surface area contributed by atoms with Gasteiger partial charge in [-0.25, -0.2) is 9.69 Å². The Morgan fingerprint density at radius 2 is 1.70 bits per heavy atom. The Hall–Kier alpha value is -4.57. The van der Waals surface area contributed by atoms with Crippen LogP contribution in [0.4, 0.5) is 4.79 Å². The molecule has 0 saturated carbocycles. The second-order valence-electron chi connectivity index (χ2n) is 11.8. The minimum Gasteiger partial charge on any atom is -0.457 e. The second kappa shape index (κ2) is 16.3. The van der Waals surface area contributed by atoms with Crippen molar-refractivity contribution in [3.63, 3.8) is 0 Å². The molecule has 1 aliphatic heterocycles. The predicted octanol–water partition coefficient (Wildman–Crippen LogP) is 6.19. The van der Waals surface area contributed by atoms with Crippen LogP contribution in [0.5, 0.6) is 0 Å². The summed E-state index contributed by atoms with van der Waals surface area (Å²) in [5.41, 5.74) is 4.68. The van der Waals surface area contributed by atoms with Gasteiger partial charge in [0.1, 0.15) is 24.4 Å². The summed E-state index contributed by atoms with van der Waals surface area (Å²) in [4.78, 5) is 40.9. The predicted molar refractivity (Wildman–Crippen MR) is 176 cm³/mol. The molecule has 1 N–H and O–H groups in total. The summed E-state index contributed by atoms with van der Waals surface area (Å²) in [6.45, 7) is 4.40. The number of benzene rings is 3. The van der Waals surface area contributed by atoms with E-state index in [9.17, 15) is 19.5 Å². The molecule has 2 amide bonds. The zero-order valence-corrected chi connectivity index (χ0v) is 26.8. The molecule has 3 aromatic carbocycles. The van der Waals surface area contributed by atoms with Crippen LogP contribution in [0.2, 0.25) is 0 Å². The molecule has 4 aromatic rings. The van der Waals surface area contributed by atoms with E-state index in [0.29, 0.717) is 38.2 Å². The molecule has 5 rings (SSSR count). The van der Waals surface area contributed by atoms with Crippen LogP contribution in [0.25, 0.3) is 11.1 Å². The molecule has 1 aromatic heterocycles. The van der Waals surface area contributed by atoms with Crippen LogP contribution in [-0.4, -0.2) is 66.4 Å². The van der Waals surface area contributed by atoms with Gasteiger partial charge in [0.15, 0.2) is 5.76 Å². The van der Waals surface area contributed by atoms with Gasteiger partial charge in [0.25, 0.3) is 0 Å². The van der Waals surface area contributed by atoms with Crippen molar-refractivity contribution in [1.29, 1.82) is 0 Å². The van der Waals surface area contributed by atoms with Crippen LogP contribution in [0, 0.1) is 12.8 Å². The number of hydrogen-bond donors (Lipinski definition) is 1. The number of aliphatic hydroxyl groups excluding tert-OH is 1. The van der Waals surface area contributed by atoms with Crippen molar-refractivity contribution in [3.05, 3.63) is 119 Å². The third-order valence-corrected chi connectivity index (χ3v) is 8.19. The van der Waals surface area contributed by atoms with Gasteiger partial charge in [-0.2, -0.15) is 0 Å². The van der Waals surface area contributed by atoms with E-state index < -0.39 is 35.8 Å². The minimum atomic E-state index is -1.15. The summed E-state index contributed by atoms with van der Waals surface area (Å²) in [6.07, 6.45) is 0.300. The molecule has 0 aliphatic carbocycles. The van der Waals surface area contributed by atoms with Gasteiger partial charge < -0.3 is 23.7 Å². The number of furan rings is 1. The number of Topliss-reactive ketones (excluding diaryl/α,β-unsaturated/α-hetero) is 1. The lowest BCUT2D eigenvalue weighted by atomic mass is 9.98. The lowest BCUT2D eigenvalue weighted by Gasteiger charge is -2.22. The highest BCUT2D eigenvalue weighted by atomic mass is 16.6. The molecule has 1 fully saturated rings. The van der Waals surface area contributed by atoms with Gasteiger partial charge in [-0.1, -0.05) is 90.5 Å². The first-order valence-corrected chi connectivity index (χ1v) is 16.0. The number of nitrogens with zero attached hydrogens (tertiary/aromatic N) is 1. The number of amides is 2. The SMILES string of the molecule is Cc1cccc(-c2cc(C(=O)[C@H](C)C(=O)N3C(=O)OC[C@@H]3Cc3ccccc3)oc2CCCOC[C@@H](CO)OCc2ccccc2)c1. The fourth-order valence-corrected chi connectivity index (χ4v) is 5.59. The number of carbonyl (C=O) groups excluding carboxylic acids is 3. The number of hydrogen-bond acceptors (Lipinski definition) is 8. The Bertz CT molecular complexity index is 1630. The van der Waals surface area contributed by atoms with Crippen LogP contribution in [-0.2, 0) is 38.5 Å². The molecule has 246 valence electrons. The third kappa shape index (κ3) is 8.83. The number of imide groups is 1. The fourth-order valence-electron chi connectivity index (χ4n) is 5.59. The lowest BCUT2D eigenvalue weighted by Crippen LogP contribution is -2.44. The average Bonchev–Trinajstić information content (AvgIpc) is 3.69. The zero-order valence-electron chi connectivity index (χ0n) is 26.8. The van der Waals surface area contributed by atoms with Gasteiger partial charge in [0, 0.05) is 18.6 Å². The highest BCUT2D eigenvalue weighted by Crippen LogP contribution is 2.31. The summed E-state index contributed by atoms with van der Waals surface area (Å²) in [7, 11) is 0. The Labute approximate surface area is 275 Å². The van der Waals surface area contributed by atoms with Gasteiger partial charge in [-0.3, -0.25) is 9.59 Å². The van der Waals surface area contributed by atoms with Crippen molar-refractivity contribution in [1.82, 2.24) is 4.90 Å². The minimum absolute atomic E-state index is 0.0557. The highest BCUT2D eigenvalue weighted by molar-refractivity contribution is 6.12. The molecule has 0 radical (unpaired) electrons. The molecular weight excluding hydrogens is 598 g/mol. The number of rotatable bonds is 16. The van der Waals surface area contributed by atoms with Crippen LogP contribution >= 0.6 is 0 Å². The molecule has 9 heteroatoms. The van der Waals surface area contributed by atoms with Crippen molar-refractivity contribution < 1.29 is 38.1 Å². The molecule has 1 aliphatic rings. The van der Waals surface area contributed by atoms with Crippen LogP contribution in [0.1, 0.15) is 46.3 Å². The molecule has 2 heterocycles. The molecule has 3 atom stereocenters. The fraction of sp³-hybridized carbons (Fsp3) is 0.342. The van der Waals surface area contributed by atoms with E-state index >= 15 is 0 Å². The van der Waals surface area contributed by atoms with E-state index in [0.717, 1.165) is 32.7 Å². The van der Waals surface area contributed by atoms with Gasteiger partial charge in [0.05, 0.1) is 25.9 Å². The molecular formula is C38H41NO8. The number of carbonyl (C=O) groups is 3. The van der Waals surface area contributed by atoms with E-state index in [2.05, 4.69) is 0 Å². The van der Waals surface area contributed by atoms with Crippen LogP contribution < -0.4 is 0 Å². The van der Waals surface area contributed by atoms with Crippen molar-refractivity contribution in [2.75, 3.05) is 26.4 Å². The van der Waals surface area contributed by atoms with Gasteiger partial charge in [0.2, 0.25) is 11.7 Å². The quantitative estimate of drug-likeness (QED) is 0.0877. The molecule has 1 saturated heterocycles. The summed E-state index contributed by atoms with van der Waals surface area (Å²) >= 11 is 0. The van der Waals surface area contributed by atoms with Crippen molar-refractivity contribution >= 4 is 17.8 Å². The molecule has 47 heavy (non-hydrogen) atoms. The van der Waals surface area contributed by atoms with Crippen molar-refractivity contribution in [2.45, 2.75) is 51.9 Å². The van der Waals surface area contributed by atoms with E-state index in [4.69, 9.17) is 18.6 Å². The maximum absolute atomic E-state index is 13.7. The third-order valence-electron chi connectivity index (χ3n) is 8.19. The standard InChI is InChI=1S/C38H41NO8/c1-26-11-9-16-30(19-26)33-21-35(47-34(33)17-10-18-44-25-32(22-40)45-23-29-14-7-4-8-15-29)36(41)27(2)37(42)39-31(24-46-38(39)43)20-28-12-5-3-6-13-28/h3-9,11-16,19,21,27,31-32,40H,10,17-18,20,22-25H2,1-2H3/t27-,31-,32+/m0/s1. The summed E-state index contributed by atoms with van der Waals surface area (Å²) < 4.78 is 23.0. The highest BCUT2D eigenvalue weighted by Gasteiger charge is 2.42. The number of aryl methyl sites for hydroxylation is 2. The summed E-state index contributed by atoms with van der Waals surface area (Å²) in [5.74, 6) is -1.62. The smallest absolute Gasteiger partial charge is 0.417 e. The second-order valence-corrected chi connectivity index (χ2v) is 11.8. The van der Waals surface area contributed by atoms with Gasteiger partial charge >= 0.3 is 6.09 Å². The van der Waals surface area contributed by atoms with Crippen LogP contribution in [0.15, 0.2) is 95.4 Å². The number of aliphatic hydroxyl groups is 1. The topological polar surface area (TPSA) is 116 Å². The van der Waals surface area contributed by atoms with E-state index in [1.54, 1.807) is 6.07 Å². The molecule has 9 nitrogen and oxygen atoms in total. The van der Waals surface area contributed by atoms with Crippen molar-refractivity contribution in [3.8, 4) is 11.1 Å². The zero-order chi connectivity index (χ0) is 33.2. The number of cyclic esters (lactones) is 1. The maximum atomic E-state index is 13.7. The first-order chi connectivity index (χ1) is 22.8.